The number of amides is 6. The molecular formula is C42H60N6O12. The molecule has 11 atom stereocenters. The monoisotopic (exact) mass is 840 g/mol. The van der Waals surface area contributed by atoms with E-state index in [2.05, 4.69) is 26.6 Å². The number of carbonyl (C=O) groups is 7. The van der Waals surface area contributed by atoms with E-state index in [1.165, 1.54) is 52.1 Å². The summed E-state index contributed by atoms with van der Waals surface area (Å²) in [6.07, 6.45) is -4.01. The third kappa shape index (κ3) is 12.7. The highest BCUT2D eigenvalue weighted by Gasteiger charge is 2.41. The molecule has 18 nitrogen and oxygen atoms in total. The Morgan fingerprint density at radius 1 is 0.817 bits per heavy atom. The van der Waals surface area contributed by atoms with Crippen LogP contribution in [0.4, 0.5) is 0 Å². The molecule has 1 fully saturated rings. The van der Waals surface area contributed by atoms with Crippen LogP contribution in [0.25, 0.3) is 0 Å². The van der Waals surface area contributed by atoms with E-state index in [0.29, 0.717) is 12.0 Å². The van der Waals surface area contributed by atoms with Gasteiger partial charge in [-0.1, -0.05) is 83.5 Å². The van der Waals surface area contributed by atoms with Crippen molar-refractivity contribution in [3.63, 3.8) is 0 Å². The van der Waals surface area contributed by atoms with Gasteiger partial charge in [0.25, 0.3) is 0 Å². The van der Waals surface area contributed by atoms with E-state index < -0.39 is 114 Å². The van der Waals surface area contributed by atoms with Crippen LogP contribution in [0, 0.1) is 17.8 Å². The van der Waals surface area contributed by atoms with E-state index in [1.54, 1.807) is 58.0 Å². The Morgan fingerprint density at radius 2 is 1.40 bits per heavy atom. The summed E-state index contributed by atoms with van der Waals surface area (Å²) >= 11 is 0. The number of nitrogens with zero attached hydrogens (tertiary/aromatic N) is 1. The number of rotatable bonds is 11. The van der Waals surface area contributed by atoms with Gasteiger partial charge in [-0.2, -0.15) is 0 Å². The van der Waals surface area contributed by atoms with Crippen molar-refractivity contribution in [2.45, 2.75) is 116 Å². The molecule has 0 bridgehead atoms. The number of nitrogens with one attached hydrogen (secondary N) is 5. The lowest BCUT2D eigenvalue weighted by atomic mass is 9.93. The minimum Gasteiger partial charge on any atom is -0.508 e. The predicted molar refractivity (Wildman–Crippen MR) is 217 cm³/mol. The Bertz CT molecular complexity index is 1810. The van der Waals surface area contributed by atoms with Gasteiger partial charge in [0.15, 0.2) is 6.04 Å². The zero-order valence-electron chi connectivity index (χ0n) is 35.2. The first kappa shape index (κ1) is 48.8. The van der Waals surface area contributed by atoms with Crippen molar-refractivity contribution in [3.05, 3.63) is 65.7 Å². The highest BCUT2D eigenvalue weighted by Crippen LogP contribution is 2.23. The maximum Gasteiger partial charge on any atom is 0.331 e. The summed E-state index contributed by atoms with van der Waals surface area (Å²) in [4.78, 5) is 99.1. The van der Waals surface area contributed by atoms with Gasteiger partial charge in [-0.3, -0.25) is 28.8 Å². The number of hydrogen-bond acceptors (Lipinski definition) is 12. The third-order valence-corrected chi connectivity index (χ3v) is 10.7. The van der Waals surface area contributed by atoms with E-state index in [0.717, 1.165) is 4.90 Å². The van der Waals surface area contributed by atoms with Crippen LogP contribution in [0.3, 0.4) is 0 Å². The first-order valence-electron chi connectivity index (χ1n) is 20.0. The highest BCUT2D eigenvalue weighted by atomic mass is 16.5. The Morgan fingerprint density at radius 3 is 1.95 bits per heavy atom. The van der Waals surface area contributed by atoms with Crippen molar-refractivity contribution >= 4 is 41.4 Å². The van der Waals surface area contributed by atoms with E-state index >= 15 is 0 Å². The smallest absolute Gasteiger partial charge is 0.331 e. The Balaban J connectivity index is 2.24. The van der Waals surface area contributed by atoms with Gasteiger partial charge in [-0.25, -0.2) is 4.79 Å². The van der Waals surface area contributed by atoms with Gasteiger partial charge in [0, 0.05) is 13.5 Å². The second-order valence-electron chi connectivity index (χ2n) is 15.7. The zero-order valence-corrected chi connectivity index (χ0v) is 35.2. The Kier molecular flexibility index (Phi) is 18.0. The second-order valence-corrected chi connectivity index (χ2v) is 15.7. The van der Waals surface area contributed by atoms with Gasteiger partial charge in [-0.15, -0.1) is 0 Å². The molecule has 0 radical (unpaired) electrons. The third-order valence-electron chi connectivity index (χ3n) is 10.7. The fourth-order valence-electron chi connectivity index (χ4n) is 6.57. The molecule has 1 heterocycles. The number of phenols is 1. The van der Waals surface area contributed by atoms with Crippen LogP contribution in [0.2, 0.25) is 0 Å². The molecule has 330 valence electrons. The molecule has 3 rings (SSSR count). The summed E-state index contributed by atoms with van der Waals surface area (Å²) in [5.74, 6) is -8.87. The van der Waals surface area contributed by atoms with Gasteiger partial charge in [-0.05, 0) is 48.9 Å². The Hall–Kier alpha value is -5.59. The molecule has 0 unspecified atom stereocenters. The van der Waals surface area contributed by atoms with E-state index in [9.17, 15) is 54.0 Å². The SMILES string of the molecule is CC[C@H](C)[C@H]1NC(=O)[C@@H](NC(=O)[C@H](C)[C@H](O)C(C)C)[C@@H](C)OC(=O)[C@H](CO)NC(=O)[C@@H]([C@@H](C)O)NC(=O)[C@H](Cc2ccccc2)N(C)C(=O)[C@H](c2ccc(O)cc2)NC1=O. The minimum atomic E-state index is -1.80. The van der Waals surface area contributed by atoms with Crippen molar-refractivity contribution in [3.8, 4) is 5.75 Å². The van der Waals surface area contributed by atoms with E-state index in [-0.39, 0.29) is 23.7 Å². The lowest BCUT2D eigenvalue weighted by Gasteiger charge is -2.34. The number of esters is 1. The molecule has 1 aliphatic rings. The lowest BCUT2D eigenvalue weighted by Crippen LogP contribution is -2.61. The number of cyclic esters (lactones) is 1. The van der Waals surface area contributed by atoms with Gasteiger partial charge in [0.2, 0.25) is 35.4 Å². The van der Waals surface area contributed by atoms with Crippen molar-refractivity contribution in [2.75, 3.05) is 13.7 Å². The van der Waals surface area contributed by atoms with Crippen LogP contribution in [0.5, 0.6) is 5.75 Å². The molecule has 0 spiro atoms. The standard InChI is InChI=1S/C42H60N6O12/c1-9-22(4)31-38(55)47-34(27-15-17-28(51)18-16-27)41(58)48(8)30(19-26-13-11-10-12-14-26)37(54)45-32(24(6)50)39(56)43-29(20-49)42(59)60-25(7)33(40(57)44-31)46-36(53)23(5)35(52)21(2)3/h10-18,21-25,29-35,49-52H,9,19-20H2,1-8H3,(H,43,56)(H,44,57)(H,45,54)(H,46,53)(H,47,55)/t22-,23+,24+,25+,29-,30-,31+,32+,33-,34-,35+/m0/s1. The molecule has 9 N–H and O–H groups in total. The summed E-state index contributed by atoms with van der Waals surface area (Å²) < 4.78 is 5.53. The molecule has 0 aromatic heterocycles. The van der Waals surface area contributed by atoms with E-state index in [1.807, 2.05) is 0 Å². The van der Waals surface area contributed by atoms with Crippen LogP contribution in [-0.2, 0) is 44.7 Å². The van der Waals surface area contributed by atoms with Crippen molar-refractivity contribution in [2.24, 2.45) is 17.8 Å². The molecule has 0 saturated carbocycles. The topological polar surface area (TPSA) is 273 Å². The maximum atomic E-state index is 14.7. The quantitative estimate of drug-likeness (QED) is 0.131. The molecule has 1 saturated heterocycles. The van der Waals surface area contributed by atoms with Crippen molar-refractivity contribution in [1.82, 2.24) is 31.5 Å². The molecule has 18 heteroatoms. The van der Waals surface area contributed by atoms with Gasteiger partial charge >= 0.3 is 5.97 Å². The lowest BCUT2D eigenvalue weighted by molar-refractivity contribution is -0.157. The number of ether oxygens (including phenoxy) is 1. The number of aliphatic hydroxyl groups is 3. The van der Waals surface area contributed by atoms with Crippen LogP contribution in [0.1, 0.15) is 72.1 Å². The maximum absolute atomic E-state index is 14.7. The molecule has 2 aromatic rings. The normalized spacial score (nSPS) is 26.1. The summed E-state index contributed by atoms with van der Waals surface area (Å²) in [6.45, 7) is 9.65. The van der Waals surface area contributed by atoms with Gasteiger partial charge in [0.05, 0.1) is 24.7 Å². The summed E-state index contributed by atoms with van der Waals surface area (Å²) in [5, 5.41) is 54.2. The number of phenolic OH excluding ortho intramolecular Hbond substituents is 1. The number of aliphatic hydroxyl groups excluding tert-OH is 3. The minimum absolute atomic E-state index is 0.103. The first-order chi connectivity index (χ1) is 28.2. The van der Waals surface area contributed by atoms with Crippen LogP contribution >= 0.6 is 0 Å². The van der Waals surface area contributed by atoms with Gasteiger partial charge < -0.3 is 56.6 Å². The van der Waals surface area contributed by atoms with Crippen LogP contribution in [-0.4, -0.2) is 129 Å². The molecule has 0 aliphatic carbocycles. The largest absolute Gasteiger partial charge is 0.508 e. The summed E-state index contributed by atoms with van der Waals surface area (Å²) in [7, 11) is 1.31. The fraction of sp³-hybridized carbons (Fsp3) is 0.548. The number of hydrogen-bond donors (Lipinski definition) is 9. The predicted octanol–water partition coefficient (Wildman–Crippen LogP) is -0.424. The number of aromatic hydroxyl groups is 1. The average molecular weight is 841 g/mol. The molecule has 6 amide bonds. The van der Waals surface area contributed by atoms with Crippen molar-refractivity contribution < 1.29 is 58.7 Å². The van der Waals surface area contributed by atoms with Crippen molar-refractivity contribution in [1.29, 1.82) is 0 Å². The average Bonchev–Trinajstić information content (AvgIpc) is 3.22. The second kappa shape index (κ2) is 22.1. The van der Waals surface area contributed by atoms with Gasteiger partial charge in [0.1, 0.15) is 42.1 Å². The van der Waals surface area contributed by atoms with Crippen LogP contribution < -0.4 is 26.6 Å². The summed E-state index contributed by atoms with van der Waals surface area (Å²) in [6, 6.07) is 4.46. The molecule has 2 aromatic carbocycles. The Labute approximate surface area is 349 Å². The number of likely N-dealkylation sites (N-methyl/N-ethyl adjacent to an activating group) is 1. The van der Waals surface area contributed by atoms with Crippen LogP contribution in [0.15, 0.2) is 54.6 Å². The highest BCUT2D eigenvalue weighted by molar-refractivity contribution is 5.98. The summed E-state index contributed by atoms with van der Waals surface area (Å²) in [5.41, 5.74) is 0.794. The van der Waals surface area contributed by atoms with E-state index in [4.69, 9.17) is 4.74 Å². The zero-order chi connectivity index (χ0) is 45.0. The first-order valence-corrected chi connectivity index (χ1v) is 20.0. The molecular weight excluding hydrogens is 780 g/mol. The molecule has 60 heavy (non-hydrogen) atoms. The molecule has 1 aliphatic heterocycles. The fourth-order valence-corrected chi connectivity index (χ4v) is 6.57. The number of benzene rings is 2. The number of carbonyl (C=O) groups excluding carboxylic acids is 7.